The lowest BCUT2D eigenvalue weighted by molar-refractivity contribution is -0.138. The van der Waals surface area contributed by atoms with Crippen LogP contribution in [0.1, 0.15) is 22.3 Å². The molecule has 2 rings (SSSR count). The zero-order valence-electron chi connectivity index (χ0n) is 11.8. The van der Waals surface area contributed by atoms with Crippen molar-refractivity contribution in [2.24, 2.45) is 5.73 Å². The fourth-order valence-corrected chi connectivity index (χ4v) is 2.01. The molecule has 2 nitrogen and oxygen atoms in total. The second-order valence-electron chi connectivity index (χ2n) is 4.89. The highest BCUT2D eigenvalue weighted by atomic mass is 19.4. The van der Waals surface area contributed by atoms with E-state index < -0.39 is 11.7 Å². The van der Waals surface area contributed by atoms with Crippen molar-refractivity contribution >= 4 is 0 Å². The number of ether oxygens (including phenoxy) is 1. The van der Waals surface area contributed by atoms with E-state index in [0.29, 0.717) is 5.75 Å². The molecule has 0 heterocycles. The Kier molecular flexibility index (Phi) is 4.23. The Morgan fingerprint density at radius 2 is 1.76 bits per heavy atom. The Morgan fingerprint density at radius 1 is 1.05 bits per heavy atom. The van der Waals surface area contributed by atoms with Crippen molar-refractivity contribution in [3.63, 3.8) is 0 Å². The van der Waals surface area contributed by atoms with Gasteiger partial charge in [-0.25, -0.2) is 0 Å². The standard InChI is InChI=1S/C16H16F3NO/c1-10-3-4-11(2)15(7-10)21-13-6-5-12(9-20)14(8-13)16(17,18)19/h3-8H,9,20H2,1-2H3. The van der Waals surface area contributed by atoms with Gasteiger partial charge < -0.3 is 10.5 Å². The molecule has 0 bridgehead atoms. The SMILES string of the molecule is Cc1ccc(C)c(Oc2ccc(CN)c(C(F)(F)F)c2)c1. The summed E-state index contributed by atoms with van der Waals surface area (Å²) in [6.45, 7) is 3.57. The predicted octanol–water partition coefficient (Wildman–Crippen LogP) is 4.57. The fraction of sp³-hybridized carbons (Fsp3) is 0.250. The summed E-state index contributed by atoms with van der Waals surface area (Å²) < 4.78 is 44.5. The van der Waals surface area contributed by atoms with Crippen molar-refractivity contribution in [3.05, 3.63) is 58.7 Å². The van der Waals surface area contributed by atoms with E-state index in [0.717, 1.165) is 17.2 Å². The van der Waals surface area contributed by atoms with Crippen LogP contribution >= 0.6 is 0 Å². The minimum absolute atomic E-state index is 0.0517. The van der Waals surface area contributed by atoms with E-state index in [9.17, 15) is 13.2 Å². The highest BCUT2D eigenvalue weighted by Gasteiger charge is 2.33. The van der Waals surface area contributed by atoms with Gasteiger partial charge in [-0.05, 0) is 48.7 Å². The van der Waals surface area contributed by atoms with Gasteiger partial charge in [-0.3, -0.25) is 0 Å². The summed E-state index contributed by atoms with van der Waals surface area (Å²) in [7, 11) is 0. The lowest BCUT2D eigenvalue weighted by Gasteiger charge is -2.15. The van der Waals surface area contributed by atoms with Crippen LogP contribution in [0.4, 0.5) is 13.2 Å². The van der Waals surface area contributed by atoms with Gasteiger partial charge >= 0.3 is 6.18 Å². The second kappa shape index (κ2) is 5.77. The number of benzene rings is 2. The smallest absolute Gasteiger partial charge is 0.416 e. The summed E-state index contributed by atoms with van der Waals surface area (Å²) in [6.07, 6.45) is -4.45. The molecule has 0 saturated carbocycles. The molecule has 0 aliphatic carbocycles. The van der Waals surface area contributed by atoms with E-state index in [2.05, 4.69) is 0 Å². The second-order valence-corrected chi connectivity index (χ2v) is 4.89. The number of nitrogens with two attached hydrogens (primary N) is 1. The summed E-state index contributed by atoms with van der Waals surface area (Å²) in [6, 6.07) is 9.41. The van der Waals surface area contributed by atoms with Crippen molar-refractivity contribution in [1.29, 1.82) is 0 Å². The van der Waals surface area contributed by atoms with Crippen LogP contribution < -0.4 is 10.5 Å². The molecule has 0 fully saturated rings. The maximum absolute atomic E-state index is 13.0. The normalized spacial score (nSPS) is 11.5. The molecule has 0 unspecified atom stereocenters. The van der Waals surface area contributed by atoms with Gasteiger partial charge in [0.1, 0.15) is 11.5 Å². The van der Waals surface area contributed by atoms with Gasteiger partial charge in [-0.2, -0.15) is 13.2 Å². The third-order valence-corrected chi connectivity index (χ3v) is 3.18. The number of halogens is 3. The summed E-state index contributed by atoms with van der Waals surface area (Å²) in [5, 5.41) is 0. The van der Waals surface area contributed by atoms with Crippen molar-refractivity contribution in [2.45, 2.75) is 26.6 Å². The molecule has 0 saturated heterocycles. The van der Waals surface area contributed by atoms with Crippen LogP contribution in [-0.2, 0) is 12.7 Å². The Morgan fingerprint density at radius 3 is 2.38 bits per heavy atom. The van der Waals surface area contributed by atoms with Crippen molar-refractivity contribution in [2.75, 3.05) is 0 Å². The van der Waals surface area contributed by atoms with Crippen LogP contribution in [0.5, 0.6) is 11.5 Å². The molecule has 0 aromatic heterocycles. The first-order chi connectivity index (χ1) is 9.81. The number of alkyl halides is 3. The zero-order valence-corrected chi connectivity index (χ0v) is 11.8. The number of hydrogen-bond donors (Lipinski definition) is 1. The minimum atomic E-state index is -4.45. The molecule has 0 atom stereocenters. The predicted molar refractivity (Wildman–Crippen MR) is 75.3 cm³/mol. The van der Waals surface area contributed by atoms with E-state index in [4.69, 9.17) is 10.5 Å². The van der Waals surface area contributed by atoms with E-state index in [1.807, 2.05) is 26.0 Å². The van der Waals surface area contributed by atoms with Crippen molar-refractivity contribution < 1.29 is 17.9 Å². The Balaban J connectivity index is 2.39. The Bertz CT molecular complexity index is 650. The summed E-state index contributed by atoms with van der Waals surface area (Å²) in [5.74, 6) is 0.692. The maximum Gasteiger partial charge on any atom is 0.416 e. The maximum atomic E-state index is 13.0. The summed E-state index contributed by atoms with van der Waals surface area (Å²) in [5.41, 5.74) is 6.48. The molecule has 0 aliphatic heterocycles. The van der Waals surface area contributed by atoms with Gasteiger partial charge in [0.25, 0.3) is 0 Å². The highest BCUT2D eigenvalue weighted by Crippen LogP contribution is 2.36. The number of rotatable bonds is 3. The molecule has 2 aromatic carbocycles. The largest absolute Gasteiger partial charge is 0.457 e. The quantitative estimate of drug-likeness (QED) is 0.900. The first-order valence-electron chi connectivity index (χ1n) is 6.46. The minimum Gasteiger partial charge on any atom is -0.457 e. The Labute approximate surface area is 121 Å². The van der Waals surface area contributed by atoms with Gasteiger partial charge in [-0.1, -0.05) is 18.2 Å². The average Bonchev–Trinajstić information content (AvgIpc) is 2.42. The lowest BCUT2D eigenvalue weighted by Crippen LogP contribution is -2.12. The topological polar surface area (TPSA) is 35.2 Å². The Hall–Kier alpha value is -2.01. The molecule has 5 heteroatoms. The van der Waals surface area contributed by atoms with Crippen LogP contribution in [0, 0.1) is 13.8 Å². The zero-order chi connectivity index (χ0) is 15.6. The first kappa shape index (κ1) is 15.4. The molecule has 0 radical (unpaired) electrons. The third kappa shape index (κ3) is 3.55. The van der Waals surface area contributed by atoms with Gasteiger partial charge in [0, 0.05) is 6.54 Å². The monoisotopic (exact) mass is 295 g/mol. The molecule has 2 aromatic rings. The van der Waals surface area contributed by atoms with Crippen LogP contribution in [0.15, 0.2) is 36.4 Å². The third-order valence-electron chi connectivity index (χ3n) is 3.18. The van der Waals surface area contributed by atoms with E-state index in [-0.39, 0.29) is 17.9 Å². The van der Waals surface area contributed by atoms with Crippen LogP contribution in [-0.4, -0.2) is 0 Å². The van der Waals surface area contributed by atoms with Crippen molar-refractivity contribution in [3.8, 4) is 11.5 Å². The lowest BCUT2D eigenvalue weighted by atomic mass is 10.1. The molecule has 0 amide bonds. The molecule has 0 aliphatic rings. The highest BCUT2D eigenvalue weighted by molar-refractivity contribution is 5.43. The van der Waals surface area contributed by atoms with E-state index in [1.54, 1.807) is 6.07 Å². The van der Waals surface area contributed by atoms with Gasteiger partial charge in [0.05, 0.1) is 5.56 Å². The van der Waals surface area contributed by atoms with E-state index >= 15 is 0 Å². The molecule has 112 valence electrons. The molecular weight excluding hydrogens is 279 g/mol. The van der Waals surface area contributed by atoms with Gasteiger partial charge in [0.15, 0.2) is 0 Å². The molecule has 21 heavy (non-hydrogen) atoms. The van der Waals surface area contributed by atoms with E-state index in [1.165, 1.54) is 12.1 Å². The van der Waals surface area contributed by atoms with Crippen LogP contribution in [0.25, 0.3) is 0 Å². The first-order valence-corrected chi connectivity index (χ1v) is 6.46. The van der Waals surface area contributed by atoms with Gasteiger partial charge in [-0.15, -0.1) is 0 Å². The summed E-state index contributed by atoms with van der Waals surface area (Å²) in [4.78, 5) is 0. The summed E-state index contributed by atoms with van der Waals surface area (Å²) >= 11 is 0. The van der Waals surface area contributed by atoms with Crippen molar-refractivity contribution in [1.82, 2.24) is 0 Å². The van der Waals surface area contributed by atoms with Gasteiger partial charge in [0.2, 0.25) is 0 Å². The van der Waals surface area contributed by atoms with Crippen LogP contribution in [0.2, 0.25) is 0 Å². The molecular formula is C16H16F3NO. The molecule has 2 N–H and O–H groups in total. The number of hydrogen-bond acceptors (Lipinski definition) is 2. The fourth-order valence-electron chi connectivity index (χ4n) is 2.01. The molecule has 0 spiro atoms. The average molecular weight is 295 g/mol. The van der Waals surface area contributed by atoms with Crippen LogP contribution in [0.3, 0.4) is 0 Å². The number of aryl methyl sites for hydroxylation is 2.